The van der Waals surface area contributed by atoms with Gasteiger partial charge in [-0.3, -0.25) is 19.3 Å². The van der Waals surface area contributed by atoms with Crippen LogP contribution in [0.15, 0.2) is 36.4 Å². The maximum absolute atomic E-state index is 12.3. The minimum Gasteiger partial charge on any atom is -0.325 e. The molecule has 1 aliphatic rings. The molecule has 6 heteroatoms. The highest BCUT2D eigenvalue weighted by molar-refractivity contribution is 6.32. The highest BCUT2D eigenvalue weighted by Crippen LogP contribution is 2.25. The smallest absolute Gasteiger partial charge is 0.262 e. The van der Waals surface area contributed by atoms with Gasteiger partial charge in [0, 0.05) is 10.7 Å². The lowest BCUT2D eigenvalue weighted by Gasteiger charge is -2.14. The zero-order valence-electron chi connectivity index (χ0n) is 13.2. The first-order chi connectivity index (χ1) is 11.3. The summed E-state index contributed by atoms with van der Waals surface area (Å²) < 4.78 is 0. The molecule has 0 aromatic heterocycles. The normalized spacial score (nSPS) is 13.2. The first kappa shape index (κ1) is 16.2. The lowest BCUT2D eigenvalue weighted by Crippen LogP contribution is -2.37. The van der Waals surface area contributed by atoms with Crippen molar-refractivity contribution >= 4 is 35.0 Å². The van der Waals surface area contributed by atoms with Gasteiger partial charge in [0.2, 0.25) is 5.91 Å². The molecule has 2 aromatic carbocycles. The summed E-state index contributed by atoms with van der Waals surface area (Å²) in [7, 11) is 0. The molecule has 0 fully saturated rings. The lowest BCUT2D eigenvalue weighted by atomic mass is 10.1. The minimum atomic E-state index is -0.506. The molecule has 0 aliphatic carbocycles. The molecule has 24 heavy (non-hydrogen) atoms. The number of aryl methyl sites for hydroxylation is 2. The van der Waals surface area contributed by atoms with Crippen molar-refractivity contribution in [1.29, 1.82) is 0 Å². The van der Waals surface area contributed by atoms with Crippen LogP contribution in [0, 0.1) is 13.8 Å². The SMILES string of the molecule is Cc1cc(C)cc(NC(=O)CN2C(=O)c3ccc(Cl)cc3C2=O)c1. The second-order valence-corrected chi connectivity index (χ2v) is 6.25. The van der Waals surface area contributed by atoms with E-state index in [1.165, 1.54) is 12.1 Å². The first-order valence-electron chi connectivity index (χ1n) is 7.39. The molecule has 0 saturated carbocycles. The Bertz CT molecular complexity index is 856. The molecule has 5 nitrogen and oxygen atoms in total. The van der Waals surface area contributed by atoms with E-state index in [2.05, 4.69) is 5.32 Å². The van der Waals surface area contributed by atoms with Crippen molar-refractivity contribution < 1.29 is 14.4 Å². The fourth-order valence-corrected chi connectivity index (χ4v) is 2.97. The zero-order chi connectivity index (χ0) is 17.4. The number of benzene rings is 2. The standard InChI is InChI=1S/C18H15ClN2O3/c1-10-5-11(2)7-13(6-10)20-16(22)9-21-17(23)14-4-3-12(19)8-15(14)18(21)24/h3-8H,9H2,1-2H3,(H,20,22). The number of amides is 3. The monoisotopic (exact) mass is 342 g/mol. The number of anilines is 1. The quantitative estimate of drug-likeness (QED) is 0.871. The van der Waals surface area contributed by atoms with Crippen LogP contribution in [0.2, 0.25) is 5.02 Å². The van der Waals surface area contributed by atoms with Crippen molar-refractivity contribution in [2.45, 2.75) is 13.8 Å². The van der Waals surface area contributed by atoms with Crippen LogP contribution in [-0.2, 0) is 4.79 Å². The van der Waals surface area contributed by atoms with E-state index in [0.29, 0.717) is 10.7 Å². The minimum absolute atomic E-state index is 0.228. The lowest BCUT2D eigenvalue weighted by molar-refractivity contribution is -0.116. The molecule has 0 saturated heterocycles. The molecule has 1 N–H and O–H groups in total. The number of carbonyl (C=O) groups excluding carboxylic acids is 3. The summed E-state index contributed by atoms with van der Waals surface area (Å²) in [6.45, 7) is 3.52. The van der Waals surface area contributed by atoms with Gasteiger partial charge in [-0.25, -0.2) is 0 Å². The number of nitrogens with one attached hydrogen (secondary N) is 1. The molecule has 3 amide bonds. The third kappa shape index (κ3) is 3.03. The van der Waals surface area contributed by atoms with Crippen LogP contribution >= 0.6 is 11.6 Å². The van der Waals surface area contributed by atoms with Gasteiger partial charge in [-0.15, -0.1) is 0 Å². The summed E-state index contributed by atoms with van der Waals surface area (Å²) >= 11 is 5.87. The Morgan fingerprint density at radius 1 is 1.00 bits per heavy atom. The van der Waals surface area contributed by atoms with Gasteiger partial charge < -0.3 is 5.32 Å². The molecule has 1 aliphatic heterocycles. The fraction of sp³-hybridized carbons (Fsp3) is 0.167. The number of imide groups is 1. The second kappa shape index (κ2) is 6.09. The Kier molecular flexibility index (Phi) is 4.11. The second-order valence-electron chi connectivity index (χ2n) is 5.81. The van der Waals surface area contributed by atoms with Crippen molar-refractivity contribution in [3.8, 4) is 0 Å². The Morgan fingerprint density at radius 2 is 1.62 bits per heavy atom. The molecule has 0 unspecified atom stereocenters. The molecule has 0 spiro atoms. The largest absolute Gasteiger partial charge is 0.325 e. The molecular weight excluding hydrogens is 328 g/mol. The van der Waals surface area contributed by atoms with Gasteiger partial charge in [0.05, 0.1) is 11.1 Å². The van der Waals surface area contributed by atoms with Crippen LogP contribution < -0.4 is 5.32 Å². The first-order valence-corrected chi connectivity index (χ1v) is 7.77. The van der Waals surface area contributed by atoms with Crippen LogP contribution in [0.25, 0.3) is 0 Å². The van der Waals surface area contributed by atoms with Gasteiger partial charge in [-0.1, -0.05) is 17.7 Å². The Balaban J connectivity index is 1.76. The van der Waals surface area contributed by atoms with Crippen LogP contribution in [-0.4, -0.2) is 29.2 Å². The highest BCUT2D eigenvalue weighted by atomic mass is 35.5. The number of halogens is 1. The third-order valence-electron chi connectivity index (χ3n) is 3.74. The average Bonchev–Trinajstić information content (AvgIpc) is 2.71. The van der Waals surface area contributed by atoms with E-state index in [0.717, 1.165) is 16.0 Å². The molecule has 2 aromatic rings. The van der Waals surface area contributed by atoms with Crippen LogP contribution in [0.3, 0.4) is 0 Å². The van der Waals surface area contributed by atoms with E-state index in [1.54, 1.807) is 6.07 Å². The molecule has 0 radical (unpaired) electrons. The maximum atomic E-state index is 12.3. The zero-order valence-corrected chi connectivity index (χ0v) is 14.0. The van der Waals surface area contributed by atoms with E-state index in [9.17, 15) is 14.4 Å². The topological polar surface area (TPSA) is 66.5 Å². The number of nitrogens with zero attached hydrogens (tertiary/aromatic N) is 1. The Labute approximate surface area is 144 Å². The predicted octanol–water partition coefficient (Wildman–Crippen LogP) is 3.19. The summed E-state index contributed by atoms with van der Waals surface area (Å²) in [6.07, 6.45) is 0. The molecular formula is C18H15ClN2O3. The average molecular weight is 343 g/mol. The van der Waals surface area contributed by atoms with Crippen molar-refractivity contribution in [3.63, 3.8) is 0 Å². The van der Waals surface area contributed by atoms with Crippen molar-refractivity contribution in [3.05, 3.63) is 63.7 Å². The molecule has 3 rings (SSSR count). The summed E-state index contributed by atoms with van der Waals surface area (Å²) in [5.74, 6) is -1.42. The van der Waals surface area contributed by atoms with Crippen molar-refractivity contribution in [1.82, 2.24) is 4.90 Å². The summed E-state index contributed by atoms with van der Waals surface area (Å²) in [6, 6.07) is 10.1. The molecule has 1 heterocycles. The summed E-state index contributed by atoms with van der Waals surface area (Å²) in [5, 5.41) is 3.09. The van der Waals surface area contributed by atoms with Gasteiger partial charge in [0.25, 0.3) is 11.8 Å². The number of fused-ring (bicyclic) bond motifs is 1. The fourth-order valence-electron chi connectivity index (χ4n) is 2.80. The van der Waals surface area contributed by atoms with Gasteiger partial charge in [-0.05, 0) is 55.3 Å². The van der Waals surface area contributed by atoms with Gasteiger partial charge in [-0.2, -0.15) is 0 Å². The van der Waals surface area contributed by atoms with Crippen molar-refractivity contribution in [2.75, 3.05) is 11.9 Å². The predicted molar refractivity (Wildman–Crippen MR) is 91.4 cm³/mol. The van der Waals surface area contributed by atoms with Crippen LogP contribution in [0.5, 0.6) is 0 Å². The van der Waals surface area contributed by atoms with Crippen LogP contribution in [0.4, 0.5) is 5.69 Å². The van der Waals surface area contributed by atoms with Gasteiger partial charge in [0.1, 0.15) is 6.54 Å². The summed E-state index contributed by atoms with van der Waals surface area (Å²) in [4.78, 5) is 37.8. The third-order valence-corrected chi connectivity index (χ3v) is 3.97. The number of hydrogen-bond donors (Lipinski definition) is 1. The molecule has 0 atom stereocenters. The van der Waals surface area contributed by atoms with Gasteiger partial charge in [0.15, 0.2) is 0 Å². The maximum Gasteiger partial charge on any atom is 0.262 e. The van der Waals surface area contributed by atoms with E-state index in [1.807, 2.05) is 32.0 Å². The summed E-state index contributed by atoms with van der Waals surface area (Å²) in [5.41, 5.74) is 3.16. The molecule has 122 valence electrons. The Morgan fingerprint density at radius 3 is 2.29 bits per heavy atom. The van der Waals surface area contributed by atoms with E-state index in [4.69, 9.17) is 11.6 Å². The van der Waals surface area contributed by atoms with Gasteiger partial charge >= 0.3 is 0 Å². The molecule has 0 bridgehead atoms. The number of carbonyl (C=O) groups is 3. The Hall–Kier alpha value is -2.66. The van der Waals surface area contributed by atoms with E-state index in [-0.39, 0.29) is 17.7 Å². The van der Waals surface area contributed by atoms with E-state index < -0.39 is 17.7 Å². The number of rotatable bonds is 3. The van der Waals surface area contributed by atoms with Crippen LogP contribution in [0.1, 0.15) is 31.8 Å². The van der Waals surface area contributed by atoms with E-state index >= 15 is 0 Å². The highest BCUT2D eigenvalue weighted by Gasteiger charge is 2.36. The van der Waals surface area contributed by atoms with Crippen molar-refractivity contribution in [2.24, 2.45) is 0 Å². The number of hydrogen-bond acceptors (Lipinski definition) is 3.